The summed E-state index contributed by atoms with van der Waals surface area (Å²) in [4.78, 5) is 27.0. The van der Waals surface area contributed by atoms with E-state index in [-0.39, 0.29) is 11.8 Å². The number of aryl methyl sites for hydroxylation is 1. The molecule has 6 nitrogen and oxygen atoms in total. The zero-order chi connectivity index (χ0) is 20.0. The van der Waals surface area contributed by atoms with Crippen molar-refractivity contribution < 1.29 is 19.1 Å². The summed E-state index contributed by atoms with van der Waals surface area (Å²) in [7, 11) is 3.08. The van der Waals surface area contributed by atoms with Crippen molar-refractivity contribution >= 4 is 17.5 Å². The third-order valence-corrected chi connectivity index (χ3v) is 4.39. The van der Waals surface area contributed by atoms with E-state index in [1.165, 1.54) is 7.11 Å². The van der Waals surface area contributed by atoms with Crippen molar-refractivity contribution in [3.05, 3.63) is 53.1 Å². The summed E-state index contributed by atoms with van der Waals surface area (Å²) in [5, 5.41) is 2.85. The lowest BCUT2D eigenvalue weighted by Gasteiger charge is -2.19. The molecule has 2 rings (SSSR count). The molecular formula is C21H26N2O4. The average molecular weight is 370 g/mol. The minimum Gasteiger partial charge on any atom is -0.493 e. The number of methoxy groups -OCH3 is 2. The number of nitrogens with one attached hydrogen (secondary N) is 1. The highest BCUT2D eigenvalue weighted by atomic mass is 16.5. The van der Waals surface area contributed by atoms with Gasteiger partial charge in [-0.25, -0.2) is 0 Å². The van der Waals surface area contributed by atoms with E-state index in [0.29, 0.717) is 41.4 Å². The molecule has 1 N–H and O–H groups in total. The quantitative estimate of drug-likeness (QED) is 0.806. The largest absolute Gasteiger partial charge is 0.493 e. The monoisotopic (exact) mass is 370 g/mol. The van der Waals surface area contributed by atoms with Crippen molar-refractivity contribution in [1.82, 2.24) is 4.90 Å². The molecule has 2 amide bonds. The Labute approximate surface area is 160 Å². The van der Waals surface area contributed by atoms with Gasteiger partial charge in [0.2, 0.25) is 0 Å². The minimum atomic E-state index is -0.277. The maximum atomic E-state index is 12.7. The molecule has 2 aromatic rings. The van der Waals surface area contributed by atoms with Gasteiger partial charge >= 0.3 is 0 Å². The number of amides is 2. The second kappa shape index (κ2) is 9.07. The zero-order valence-electron chi connectivity index (χ0n) is 16.5. The average Bonchev–Trinajstić information content (AvgIpc) is 2.68. The van der Waals surface area contributed by atoms with Crippen molar-refractivity contribution in [3.8, 4) is 11.5 Å². The number of anilines is 1. The molecule has 0 aliphatic heterocycles. The van der Waals surface area contributed by atoms with Gasteiger partial charge in [0.1, 0.15) is 0 Å². The fraction of sp³-hybridized carbons (Fsp3) is 0.333. The molecule has 27 heavy (non-hydrogen) atoms. The number of ether oxygens (including phenoxy) is 2. The van der Waals surface area contributed by atoms with Gasteiger partial charge in [-0.3, -0.25) is 9.59 Å². The normalized spacial score (nSPS) is 10.3. The van der Waals surface area contributed by atoms with Crippen LogP contribution in [-0.4, -0.2) is 44.0 Å². The van der Waals surface area contributed by atoms with E-state index < -0.39 is 0 Å². The summed E-state index contributed by atoms with van der Waals surface area (Å²) in [6.45, 7) is 6.98. The van der Waals surface area contributed by atoms with Crippen LogP contribution in [0.2, 0.25) is 0 Å². The van der Waals surface area contributed by atoms with Crippen LogP contribution >= 0.6 is 0 Å². The Kier molecular flexibility index (Phi) is 6.82. The molecule has 0 heterocycles. The first-order valence-corrected chi connectivity index (χ1v) is 8.88. The molecule has 0 unspecified atom stereocenters. The summed E-state index contributed by atoms with van der Waals surface area (Å²) in [5.41, 5.74) is 2.35. The van der Waals surface area contributed by atoms with E-state index >= 15 is 0 Å². The van der Waals surface area contributed by atoms with Gasteiger partial charge in [-0.15, -0.1) is 0 Å². The summed E-state index contributed by atoms with van der Waals surface area (Å²) < 4.78 is 10.5. The van der Waals surface area contributed by atoms with Crippen LogP contribution in [0.25, 0.3) is 0 Å². The first kappa shape index (κ1) is 20.3. The zero-order valence-corrected chi connectivity index (χ0v) is 16.5. The molecule has 2 aromatic carbocycles. The van der Waals surface area contributed by atoms with Gasteiger partial charge in [0.05, 0.1) is 14.2 Å². The number of nitrogens with zero attached hydrogens (tertiary/aromatic N) is 1. The van der Waals surface area contributed by atoms with Crippen LogP contribution in [0.1, 0.15) is 40.1 Å². The van der Waals surface area contributed by atoms with Gasteiger partial charge in [-0.05, 0) is 56.7 Å². The molecule has 0 saturated carbocycles. The molecule has 0 saturated heterocycles. The summed E-state index contributed by atoms with van der Waals surface area (Å²) >= 11 is 0. The summed E-state index contributed by atoms with van der Waals surface area (Å²) in [6, 6.07) is 10.4. The number of hydrogen-bond acceptors (Lipinski definition) is 4. The van der Waals surface area contributed by atoms with Gasteiger partial charge in [0.25, 0.3) is 11.8 Å². The minimum absolute atomic E-state index is 0.0570. The van der Waals surface area contributed by atoms with Crippen LogP contribution in [-0.2, 0) is 0 Å². The second-order valence-electron chi connectivity index (χ2n) is 6.03. The molecule has 144 valence electrons. The van der Waals surface area contributed by atoms with Crippen molar-refractivity contribution in [2.24, 2.45) is 0 Å². The highest BCUT2D eigenvalue weighted by Crippen LogP contribution is 2.30. The predicted molar refractivity (Wildman–Crippen MR) is 106 cm³/mol. The van der Waals surface area contributed by atoms with Crippen molar-refractivity contribution in [3.63, 3.8) is 0 Å². The SMILES string of the molecule is CCN(CC)C(=O)c1cccc(NC(=O)c2cc(OC)c(OC)cc2C)c1. The summed E-state index contributed by atoms with van der Waals surface area (Å²) in [6.07, 6.45) is 0. The van der Waals surface area contributed by atoms with Crippen LogP contribution in [0.15, 0.2) is 36.4 Å². The molecule has 0 radical (unpaired) electrons. The highest BCUT2D eigenvalue weighted by Gasteiger charge is 2.16. The molecule has 0 spiro atoms. The maximum absolute atomic E-state index is 12.7. The Bertz CT molecular complexity index is 829. The summed E-state index contributed by atoms with van der Waals surface area (Å²) in [5.74, 6) is 0.719. The molecule has 6 heteroatoms. The Morgan fingerprint density at radius 2 is 1.63 bits per heavy atom. The fourth-order valence-electron chi connectivity index (χ4n) is 2.85. The number of benzene rings is 2. The van der Waals surface area contributed by atoms with Gasteiger partial charge < -0.3 is 19.7 Å². The Morgan fingerprint density at radius 1 is 1.00 bits per heavy atom. The molecule has 0 aromatic heterocycles. The van der Waals surface area contributed by atoms with Crippen LogP contribution in [0.4, 0.5) is 5.69 Å². The van der Waals surface area contributed by atoms with Crippen molar-refractivity contribution in [2.75, 3.05) is 32.6 Å². The van der Waals surface area contributed by atoms with Gasteiger partial charge in [0, 0.05) is 29.9 Å². The lowest BCUT2D eigenvalue weighted by Crippen LogP contribution is -2.30. The second-order valence-corrected chi connectivity index (χ2v) is 6.03. The van der Waals surface area contributed by atoms with Gasteiger partial charge in [-0.2, -0.15) is 0 Å². The third-order valence-electron chi connectivity index (χ3n) is 4.39. The lowest BCUT2D eigenvalue weighted by molar-refractivity contribution is 0.0772. The van der Waals surface area contributed by atoms with Crippen LogP contribution < -0.4 is 14.8 Å². The topological polar surface area (TPSA) is 67.9 Å². The predicted octanol–water partition coefficient (Wildman–Crippen LogP) is 3.75. The number of carbonyl (C=O) groups excluding carboxylic acids is 2. The first-order valence-electron chi connectivity index (χ1n) is 8.88. The van der Waals surface area contributed by atoms with Crippen molar-refractivity contribution in [1.29, 1.82) is 0 Å². The molecular weight excluding hydrogens is 344 g/mol. The number of carbonyl (C=O) groups is 2. The number of rotatable bonds is 7. The molecule has 0 fully saturated rings. The van der Waals surface area contributed by atoms with E-state index in [9.17, 15) is 9.59 Å². The van der Waals surface area contributed by atoms with Crippen LogP contribution in [0.3, 0.4) is 0 Å². The Balaban J connectivity index is 2.26. The van der Waals surface area contributed by atoms with Gasteiger partial charge in [-0.1, -0.05) is 6.07 Å². The Morgan fingerprint density at radius 3 is 2.22 bits per heavy atom. The van der Waals surface area contributed by atoms with E-state index in [2.05, 4.69) is 5.32 Å². The van der Waals surface area contributed by atoms with Crippen molar-refractivity contribution in [2.45, 2.75) is 20.8 Å². The van der Waals surface area contributed by atoms with E-state index in [1.807, 2.05) is 20.8 Å². The molecule has 0 aliphatic carbocycles. The lowest BCUT2D eigenvalue weighted by atomic mass is 10.1. The molecule has 0 aliphatic rings. The maximum Gasteiger partial charge on any atom is 0.256 e. The van der Waals surface area contributed by atoms with Crippen LogP contribution in [0, 0.1) is 6.92 Å². The van der Waals surface area contributed by atoms with E-state index in [0.717, 1.165) is 5.56 Å². The van der Waals surface area contributed by atoms with E-state index in [4.69, 9.17) is 9.47 Å². The molecule has 0 bridgehead atoms. The smallest absolute Gasteiger partial charge is 0.256 e. The van der Waals surface area contributed by atoms with Gasteiger partial charge in [0.15, 0.2) is 11.5 Å². The standard InChI is InChI=1S/C21H26N2O4/c1-6-23(7-2)21(25)15-9-8-10-16(12-15)22-20(24)17-13-19(27-5)18(26-4)11-14(17)3/h8-13H,6-7H2,1-5H3,(H,22,24). The fourth-order valence-corrected chi connectivity index (χ4v) is 2.85. The first-order chi connectivity index (χ1) is 12.9. The van der Waals surface area contributed by atoms with E-state index in [1.54, 1.807) is 48.4 Å². The highest BCUT2D eigenvalue weighted by molar-refractivity contribution is 6.06. The molecule has 0 atom stereocenters. The third kappa shape index (κ3) is 4.58. The van der Waals surface area contributed by atoms with Crippen LogP contribution in [0.5, 0.6) is 11.5 Å². The Hall–Kier alpha value is -3.02. The number of hydrogen-bond donors (Lipinski definition) is 1.